The molecule has 3 heteroatoms. The van der Waals surface area contributed by atoms with Gasteiger partial charge in [0.1, 0.15) is 11.5 Å². The summed E-state index contributed by atoms with van der Waals surface area (Å²) in [7, 11) is 0. The van der Waals surface area contributed by atoms with Crippen LogP contribution < -0.4 is 0 Å². The molecule has 0 N–H and O–H groups in total. The number of nitrogens with zero attached hydrogens (tertiary/aromatic N) is 1. The van der Waals surface area contributed by atoms with Gasteiger partial charge in [-0.3, -0.25) is 4.98 Å². The van der Waals surface area contributed by atoms with Crippen LogP contribution >= 0.6 is 11.3 Å². The number of furan rings is 1. The maximum Gasteiger partial charge on any atom is 0.161 e. The lowest BCUT2D eigenvalue weighted by molar-refractivity contribution is 0.596. The van der Waals surface area contributed by atoms with Gasteiger partial charge in [-0.25, -0.2) is 0 Å². The molecule has 0 bridgehead atoms. The number of aromatic nitrogens is 1. The molecule has 0 aliphatic rings. The van der Waals surface area contributed by atoms with Crippen molar-refractivity contribution in [3.63, 3.8) is 0 Å². The Morgan fingerprint density at radius 3 is 2.42 bits per heavy atom. The lowest BCUT2D eigenvalue weighted by Gasteiger charge is -2.22. The summed E-state index contributed by atoms with van der Waals surface area (Å²) in [5, 5.41) is 4.98. The Morgan fingerprint density at radius 1 is 0.868 bits per heavy atom. The van der Waals surface area contributed by atoms with Crippen molar-refractivity contribution in [2.24, 2.45) is 5.92 Å². The van der Waals surface area contributed by atoms with Crippen LogP contribution in [0, 0.1) is 19.8 Å². The summed E-state index contributed by atoms with van der Waals surface area (Å²) in [6, 6.07) is 22.2. The third-order valence-corrected chi connectivity index (χ3v) is 8.90. The molecule has 0 aliphatic heterocycles. The molecule has 192 valence electrons. The van der Waals surface area contributed by atoms with Gasteiger partial charge in [-0.05, 0) is 88.7 Å². The minimum atomic E-state index is 0.0103. The van der Waals surface area contributed by atoms with Crippen LogP contribution in [0.3, 0.4) is 0 Å². The Morgan fingerprint density at radius 2 is 1.66 bits per heavy atom. The molecule has 6 aromatic rings. The monoisotopic (exact) mass is 517 g/mol. The van der Waals surface area contributed by atoms with Gasteiger partial charge >= 0.3 is 0 Å². The number of hydrogen-bond acceptors (Lipinski definition) is 3. The Hall–Kier alpha value is -3.43. The van der Waals surface area contributed by atoms with E-state index in [1.54, 1.807) is 0 Å². The second-order valence-electron chi connectivity index (χ2n) is 12.1. The van der Waals surface area contributed by atoms with Crippen LogP contribution in [0.1, 0.15) is 56.9 Å². The average Bonchev–Trinajstić information content (AvgIpc) is 3.38. The molecule has 0 spiro atoms. The quantitative estimate of drug-likeness (QED) is 0.232. The fourth-order valence-electron chi connectivity index (χ4n) is 5.72. The van der Waals surface area contributed by atoms with Gasteiger partial charge in [-0.1, -0.05) is 71.0 Å². The molecule has 0 fully saturated rings. The topological polar surface area (TPSA) is 26.0 Å². The zero-order valence-electron chi connectivity index (χ0n) is 23.4. The maximum absolute atomic E-state index is 6.76. The molecule has 0 atom stereocenters. The molecule has 6 rings (SSSR count). The van der Waals surface area contributed by atoms with Crippen LogP contribution in [0.2, 0.25) is 0 Å². The number of thiophene rings is 1. The highest BCUT2D eigenvalue weighted by atomic mass is 32.1. The number of benzene rings is 3. The minimum Gasteiger partial charge on any atom is -0.453 e. The predicted octanol–water partition coefficient (Wildman–Crippen LogP) is 10.6. The van der Waals surface area contributed by atoms with E-state index in [0.29, 0.717) is 5.92 Å². The van der Waals surface area contributed by atoms with E-state index in [1.165, 1.54) is 48.0 Å². The highest BCUT2D eigenvalue weighted by Gasteiger charge is 2.23. The van der Waals surface area contributed by atoms with Gasteiger partial charge in [0, 0.05) is 27.4 Å². The molecule has 0 saturated heterocycles. The van der Waals surface area contributed by atoms with Crippen molar-refractivity contribution in [1.29, 1.82) is 0 Å². The molecule has 0 radical (unpaired) electrons. The largest absolute Gasteiger partial charge is 0.453 e. The summed E-state index contributed by atoms with van der Waals surface area (Å²) in [6.07, 6.45) is 3.02. The Kier molecular flexibility index (Phi) is 5.96. The van der Waals surface area contributed by atoms with E-state index in [4.69, 9.17) is 9.40 Å². The Labute approximate surface area is 229 Å². The summed E-state index contributed by atoms with van der Waals surface area (Å²) in [5.74, 6) is 1.61. The lowest BCUT2D eigenvalue weighted by atomic mass is 9.82. The molecule has 3 heterocycles. The number of pyridine rings is 1. The second-order valence-corrected chi connectivity index (χ2v) is 13.1. The third-order valence-electron chi connectivity index (χ3n) is 7.65. The third kappa shape index (κ3) is 4.14. The van der Waals surface area contributed by atoms with Crippen LogP contribution in [0.5, 0.6) is 0 Å². The number of fused-ring (bicyclic) bond motifs is 3. The molecular weight excluding hydrogens is 482 g/mol. The normalized spacial score (nSPS) is 12.4. The highest BCUT2D eigenvalue weighted by Crippen LogP contribution is 2.45. The first kappa shape index (κ1) is 24.9. The van der Waals surface area contributed by atoms with Crippen LogP contribution in [0.25, 0.3) is 53.7 Å². The summed E-state index contributed by atoms with van der Waals surface area (Å²) in [5.41, 5.74) is 8.08. The standard InChI is InChI=1S/C35H35NOS/c1-20(2)16-23-12-13-26-22(4)34(38-30(26)17-23)32-21(3)27-14-15-36-31(33(27)37-32)25-18-24-10-8-9-11-28(24)29(19-25)35(5,6)7/h8-15,17-20H,16H2,1-7H3. The number of rotatable bonds is 4. The van der Waals surface area contributed by atoms with Crippen molar-refractivity contribution in [3.8, 4) is 21.9 Å². The first-order valence-electron chi connectivity index (χ1n) is 13.6. The summed E-state index contributed by atoms with van der Waals surface area (Å²) >= 11 is 1.84. The Balaban J connectivity index is 1.54. The van der Waals surface area contributed by atoms with Gasteiger partial charge in [0.2, 0.25) is 0 Å². The molecule has 2 nitrogen and oxygen atoms in total. The second kappa shape index (κ2) is 9.10. The highest BCUT2D eigenvalue weighted by molar-refractivity contribution is 7.22. The number of hydrogen-bond donors (Lipinski definition) is 0. The molecule has 3 aromatic carbocycles. The first-order valence-corrected chi connectivity index (χ1v) is 14.4. The van der Waals surface area contributed by atoms with E-state index in [0.717, 1.165) is 34.4 Å². The van der Waals surface area contributed by atoms with Crippen LogP contribution in [-0.2, 0) is 11.8 Å². The van der Waals surface area contributed by atoms with E-state index < -0.39 is 0 Å². The fourth-order valence-corrected chi connectivity index (χ4v) is 7.03. The van der Waals surface area contributed by atoms with Gasteiger partial charge in [0.15, 0.2) is 5.58 Å². The van der Waals surface area contributed by atoms with E-state index in [1.807, 2.05) is 17.5 Å². The van der Waals surface area contributed by atoms with Crippen molar-refractivity contribution in [2.45, 2.75) is 60.3 Å². The first-order chi connectivity index (χ1) is 18.1. The zero-order valence-corrected chi connectivity index (χ0v) is 24.2. The van der Waals surface area contributed by atoms with Crippen molar-refractivity contribution >= 4 is 43.2 Å². The molecule has 38 heavy (non-hydrogen) atoms. The van der Waals surface area contributed by atoms with Crippen LogP contribution in [-0.4, -0.2) is 4.98 Å². The van der Waals surface area contributed by atoms with Gasteiger partial charge in [0.25, 0.3) is 0 Å². The van der Waals surface area contributed by atoms with Crippen molar-refractivity contribution in [2.75, 3.05) is 0 Å². The Bertz CT molecular complexity index is 1830. The number of aryl methyl sites for hydroxylation is 2. The van der Waals surface area contributed by atoms with Crippen LogP contribution in [0.4, 0.5) is 0 Å². The van der Waals surface area contributed by atoms with Crippen molar-refractivity contribution in [3.05, 3.63) is 89.1 Å². The molecule has 0 amide bonds. The summed E-state index contributed by atoms with van der Waals surface area (Å²) < 4.78 is 8.09. The summed E-state index contributed by atoms with van der Waals surface area (Å²) in [6.45, 7) is 15.8. The average molecular weight is 518 g/mol. The van der Waals surface area contributed by atoms with Gasteiger partial charge in [-0.15, -0.1) is 11.3 Å². The van der Waals surface area contributed by atoms with Gasteiger partial charge in [-0.2, -0.15) is 0 Å². The van der Waals surface area contributed by atoms with E-state index in [2.05, 4.69) is 109 Å². The van der Waals surface area contributed by atoms with E-state index in [9.17, 15) is 0 Å². The maximum atomic E-state index is 6.76. The molecule has 3 aromatic heterocycles. The fraction of sp³-hybridized carbons (Fsp3) is 0.286. The molecule has 0 aliphatic carbocycles. The minimum absolute atomic E-state index is 0.0103. The van der Waals surface area contributed by atoms with Gasteiger partial charge in [0.05, 0.1) is 4.88 Å². The van der Waals surface area contributed by atoms with Gasteiger partial charge < -0.3 is 4.42 Å². The molecule has 0 saturated carbocycles. The SMILES string of the molecule is Cc1c(-c2oc3c(-c4cc(C(C)(C)C)c5ccccc5c4)nccc3c2C)sc2cc(CC(C)C)ccc12. The molecule has 0 unspecified atom stereocenters. The summed E-state index contributed by atoms with van der Waals surface area (Å²) in [4.78, 5) is 6.09. The predicted molar refractivity (Wildman–Crippen MR) is 164 cm³/mol. The van der Waals surface area contributed by atoms with E-state index in [-0.39, 0.29) is 5.41 Å². The van der Waals surface area contributed by atoms with Crippen LogP contribution in [0.15, 0.2) is 71.3 Å². The van der Waals surface area contributed by atoms with Crippen molar-refractivity contribution in [1.82, 2.24) is 4.98 Å². The smallest absolute Gasteiger partial charge is 0.161 e. The van der Waals surface area contributed by atoms with Crippen molar-refractivity contribution < 1.29 is 4.42 Å². The molecular formula is C35H35NOS. The lowest BCUT2D eigenvalue weighted by Crippen LogP contribution is -2.12. The van der Waals surface area contributed by atoms with E-state index >= 15 is 0 Å². The zero-order chi connectivity index (χ0) is 26.8.